The number of carbonyl (C=O) groups is 2. The monoisotopic (exact) mass is 229 g/mol. The first kappa shape index (κ1) is 13.1. The van der Waals surface area contributed by atoms with Crippen LogP contribution in [0.1, 0.15) is 26.7 Å². The largest absolute Gasteiger partial charge is 0.396 e. The highest BCUT2D eigenvalue weighted by atomic mass is 16.5. The lowest BCUT2D eigenvalue weighted by molar-refractivity contribution is -0.161. The van der Waals surface area contributed by atoms with E-state index in [1.54, 1.807) is 0 Å². The van der Waals surface area contributed by atoms with Crippen LogP contribution in [-0.4, -0.2) is 48.2 Å². The van der Waals surface area contributed by atoms with Crippen molar-refractivity contribution in [3.05, 3.63) is 0 Å². The van der Waals surface area contributed by atoms with Crippen LogP contribution in [0.2, 0.25) is 0 Å². The molecule has 1 saturated heterocycles. The molecule has 92 valence electrons. The zero-order valence-corrected chi connectivity index (χ0v) is 9.86. The summed E-state index contributed by atoms with van der Waals surface area (Å²) in [7, 11) is 0. The first-order valence-corrected chi connectivity index (χ1v) is 5.60. The number of nitrogens with zero attached hydrogens (tertiary/aromatic N) is 1. The minimum atomic E-state index is -0.372. The van der Waals surface area contributed by atoms with Crippen LogP contribution < -0.4 is 0 Å². The average molecular weight is 229 g/mol. The third-order valence-electron chi connectivity index (χ3n) is 3.38. The van der Waals surface area contributed by atoms with Gasteiger partial charge in [-0.1, -0.05) is 13.8 Å². The van der Waals surface area contributed by atoms with Crippen LogP contribution in [0.15, 0.2) is 0 Å². The maximum atomic E-state index is 11.5. The molecule has 1 heterocycles. The number of hydrogen-bond acceptors (Lipinski definition) is 4. The van der Waals surface area contributed by atoms with Gasteiger partial charge in [0.1, 0.15) is 13.2 Å². The van der Waals surface area contributed by atoms with Gasteiger partial charge in [0.25, 0.3) is 11.8 Å². The highest BCUT2D eigenvalue weighted by molar-refractivity contribution is 5.98. The number of ether oxygens (including phenoxy) is 1. The molecule has 2 amide bonds. The van der Waals surface area contributed by atoms with Crippen LogP contribution in [0.3, 0.4) is 0 Å². The van der Waals surface area contributed by atoms with Gasteiger partial charge in [0.15, 0.2) is 0 Å². The Morgan fingerprint density at radius 1 is 1.25 bits per heavy atom. The smallest absolute Gasteiger partial charge is 0.255 e. The van der Waals surface area contributed by atoms with Crippen molar-refractivity contribution < 1.29 is 19.4 Å². The Morgan fingerprint density at radius 2 is 1.75 bits per heavy atom. The number of rotatable bonds is 5. The maximum Gasteiger partial charge on any atom is 0.255 e. The molecule has 0 aromatic heterocycles. The third-order valence-corrected chi connectivity index (χ3v) is 3.38. The predicted octanol–water partition coefficient (Wildman–Crippen LogP) is 0.170. The molecule has 1 aliphatic heterocycles. The molecule has 0 saturated carbocycles. The summed E-state index contributed by atoms with van der Waals surface area (Å²) >= 11 is 0. The van der Waals surface area contributed by atoms with Crippen molar-refractivity contribution in [2.45, 2.75) is 26.7 Å². The van der Waals surface area contributed by atoms with Crippen LogP contribution in [0.5, 0.6) is 0 Å². The van der Waals surface area contributed by atoms with E-state index in [2.05, 4.69) is 0 Å². The van der Waals surface area contributed by atoms with Crippen molar-refractivity contribution in [2.75, 3.05) is 26.4 Å². The van der Waals surface area contributed by atoms with Crippen molar-refractivity contribution in [1.82, 2.24) is 4.90 Å². The number of hydrogen-bond donors (Lipinski definition) is 1. The SMILES string of the molecule is CCC(CC)(CO)CN1C(=O)COCC1=O. The van der Waals surface area contributed by atoms with Gasteiger partial charge >= 0.3 is 0 Å². The van der Waals surface area contributed by atoms with E-state index in [4.69, 9.17) is 4.74 Å². The second-order valence-corrected chi connectivity index (χ2v) is 4.23. The predicted molar refractivity (Wildman–Crippen MR) is 57.6 cm³/mol. The molecule has 1 rings (SSSR count). The van der Waals surface area contributed by atoms with E-state index in [1.807, 2.05) is 13.8 Å². The molecule has 0 bridgehead atoms. The summed E-state index contributed by atoms with van der Waals surface area (Å²) in [6.07, 6.45) is 1.47. The second-order valence-electron chi connectivity index (χ2n) is 4.23. The Balaban J connectivity index is 2.76. The van der Waals surface area contributed by atoms with Crippen LogP contribution in [0, 0.1) is 5.41 Å². The quantitative estimate of drug-likeness (QED) is 0.682. The summed E-state index contributed by atoms with van der Waals surface area (Å²) in [6.45, 7) is 4.10. The summed E-state index contributed by atoms with van der Waals surface area (Å²) in [4.78, 5) is 24.3. The molecule has 5 heteroatoms. The summed E-state index contributed by atoms with van der Waals surface area (Å²) < 4.78 is 4.84. The van der Waals surface area contributed by atoms with E-state index >= 15 is 0 Å². The van der Waals surface area contributed by atoms with Crippen LogP contribution >= 0.6 is 0 Å². The fourth-order valence-electron chi connectivity index (χ4n) is 1.78. The maximum absolute atomic E-state index is 11.5. The lowest BCUT2D eigenvalue weighted by atomic mass is 9.82. The highest BCUT2D eigenvalue weighted by Crippen LogP contribution is 2.27. The molecule has 0 spiro atoms. The van der Waals surface area contributed by atoms with Gasteiger partial charge in [-0.2, -0.15) is 0 Å². The highest BCUT2D eigenvalue weighted by Gasteiger charge is 2.35. The fourth-order valence-corrected chi connectivity index (χ4v) is 1.78. The molecule has 0 aromatic carbocycles. The topological polar surface area (TPSA) is 66.8 Å². The molecule has 16 heavy (non-hydrogen) atoms. The lowest BCUT2D eigenvalue weighted by Gasteiger charge is -2.36. The molecule has 5 nitrogen and oxygen atoms in total. The molecule has 0 aromatic rings. The molecule has 0 atom stereocenters. The van der Waals surface area contributed by atoms with Crippen molar-refractivity contribution in [3.63, 3.8) is 0 Å². The van der Waals surface area contributed by atoms with E-state index < -0.39 is 0 Å². The number of aliphatic hydroxyl groups is 1. The first-order chi connectivity index (χ1) is 7.58. The molecular weight excluding hydrogens is 210 g/mol. The summed E-state index contributed by atoms with van der Waals surface area (Å²) in [5, 5.41) is 9.40. The first-order valence-electron chi connectivity index (χ1n) is 5.60. The van der Waals surface area contributed by atoms with Crippen molar-refractivity contribution in [3.8, 4) is 0 Å². The Hall–Kier alpha value is -0.940. The number of morpholine rings is 1. The minimum absolute atomic E-state index is 0.0160. The van der Waals surface area contributed by atoms with E-state index in [1.165, 1.54) is 4.90 Å². The zero-order chi connectivity index (χ0) is 12.2. The Bertz CT molecular complexity index is 249. The molecule has 1 aliphatic rings. The Kier molecular flexibility index (Phi) is 4.44. The normalized spacial score (nSPS) is 18.1. The number of carbonyl (C=O) groups excluding carboxylic acids is 2. The van der Waals surface area contributed by atoms with Gasteiger partial charge in [-0.25, -0.2) is 0 Å². The summed E-state index contributed by atoms with van der Waals surface area (Å²) in [5.41, 5.74) is -0.372. The number of imide groups is 1. The van der Waals surface area contributed by atoms with Crippen LogP contribution in [0.4, 0.5) is 0 Å². The Labute approximate surface area is 95.4 Å². The standard InChI is InChI=1S/C11H19NO4/c1-3-11(4-2,8-13)7-12-9(14)5-16-6-10(12)15/h13H,3-8H2,1-2H3. The minimum Gasteiger partial charge on any atom is -0.396 e. The third kappa shape index (κ3) is 2.59. The average Bonchev–Trinajstić information content (AvgIpc) is 2.30. The van der Waals surface area contributed by atoms with Crippen molar-refractivity contribution in [1.29, 1.82) is 0 Å². The molecular formula is C11H19NO4. The molecule has 1 fully saturated rings. The molecule has 0 aliphatic carbocycles. The van der Waals surface area contributed by atoms with Gasteiger partial charge in [-0.15, -0.1) is 0 Å². The van der Waals surface area contributed by atoms with Crippen LogP contribution in [-0.2, 0) is 14.3 Å². The van der Waals surface area contributed by atoms with Gasteiger partial charge < -0.3 is 9.84 Å². The number of amides is 2. The molecule has 0 unspecified atom stereocenters. The molecule has 0 radical (unpaired) electrons. The van der Waals surface area contributed by atoms with Gasteiger partial charge in [0, 0.05) is 12.0 Å². The van der Waals surface area contributed by atoms with Gasteiger partial charge in [-0.05, 0) is 12.8 Å². The fraction of sp³-hybridized carbons (Fsp3) is 0.818. The second kappa shape index (κ2) is 5.41. The lowest BCUT2D eigenvalue weighted by Crippen LogP contribution is -2.51. The zero-order valence-electron chi connectivity index (χ0n) is 9.86. The Morgan fingerprint density at radius 3 is 2.12 bits per heavy atom. The molecule has 1 N–H and O–H groups in total. The van der Waals surface area contributed by atoms with Crippen LogP contribution in [0.25, 0.3) is 0 Å². The number of aliphatic hydroxyl groups excluding tert-OH is 1. The van der Waals surface area contributed by atoms with Gasteiger partial charge in [0.05, 0.1) is 6.61 Å². The van der Waals surface area contributed by atoms with E-state index in [9.17, 15) is 14.7 Å². The van der Waals surface area contributed by atoms with Crippen molar-refractivity contribution >= 4 is 11.8 Å². The van der Waals surface area contributed by atoms with E-state index in [0.717, 1.165) is 12.8 Å². The van der Waals surface area contributed by atoms with E-state index in [-0.39, 0.29) is 43.6 Å². The van der Waals surface area contributed by atoms with Gasteiger partial charge in [0.2, 0.25) is 0 Å². The van der Waals surface area contributed by atoms with Gasteiger partial charge in [-0.3, -0.25) is 14.5 Å². The van der Waals surface area contributed by atoms with Crippen molar-refractivity contribution in [2.24, 2.45) is 5.41 Å². The van der Waals surface area contributed by atoms with E-state index in [0.29, 0.717) is 0 Å². The summed E-state index contributed by atoms with van der Waals surface area (Å²) in [6, 6.07) is 0. The summed E-state index contributed by atoms with van der Waals surface area (Å²) in [5.74, 6) is -0.619.